The summed E-state index contributed by atoms with van der Waals surface area (Å²) in [6, 6.07) is 25.5. The van der Waals surface area contributed by atoms with Crippen LogP contribution < -0.4 is 5.32 Å². The van der Waals surface area contributed by atoms with Crippen LogP contribution in [0.2, 0.25) is 0 Å². The van der Waals surface area contributed by atoms with Gasteiger partial charge in [-0.05, 0) is 56.0 Å². The second kappa shape index (κ2) is 10.4. The third kappa shape index (κ3) is 5.39. The molecule has 4 rings (SSSR count). The lowest BCUT2D eigenvalue weighted by Gasteiger charge is -2.14. The van der Waals surface area contributed by atoms with Gasteiger partial charge in [-0.25, -0.2) is 4.98 Å². The van der Waals surface area contributed by atoms with Crippen molar-refractivity contribution in [3.8, 4) is 11.3 Å². The number of hydrogen-bond acceptors (Lipinski definition) is 3. The largest absolute Gasteiger partial charge is 0.384 e. The summed E-state index contributed by atoms with van der Waals surface area (Å²) < 4.78 is 0. The van der Waals surface area contributed by atoms with Crippen LogP contribution in [-0.4, -0.2) is 37.1 Å². The Kier molecular flexibility index (Phi) is 8.27. The highest BCUT2D eigenvalue weighted by atomic mass is 35.5. The van der Waals surface area contributed by atoms with Crippen molar-refractivity contribution in [2.45, 2.75) is 6.42 Å². The summed E-state index contributed by atoms with van der Waals surface area (Å²) in [4.78, 5) is 7.14. The first-order valence-electron chi connectivity index (χ1n) is 9.48. The summed E-state index contributed by atoms with van der Waals surface area (Å²) in [5, 5.41) is 7.29. The van der Waals surface area contributed by atoms with Crippen LogP contribution >= 0.6 is 24.8 Å². The molecule has 1 aromatic heterocycles. The average Bonchev–Trinajstić information content (AvgIpc) is 2.70. The van der Waals surface area contributed by atoms with Crippen LogP contribution in [0.25, 0.3) is 32.9 Å². The molecule has 0 saturated carbocycles. The zero-order chi connectivity index (χ0) is 18.6. The first-order valence-corrected chi connectivity index (χ1v) is 9.48. The summed E-state index contributed by atoms with van der Waals surface area (Å²) in [6.07, 6.45) is 1.11. The van der Waals surface area contributed by atoms with Gasteiger partial charge in [0, 0.05) is 23.2 Å². The first-order chi connectivity index (χ1) is 13.2. The topological polar surface area (TPSA) is 28.2 Å². The number of halogens is 2. The number of hydrogen-bond donors (Lipinski definition) is 1. The van der Waals surface area contributed by atoms with E-state index in [4.69, 9.17) is 4.98 Å². The molecule has 0 spiro atoms. The predicted molar refractivity (Wildman–Crippen MR) is 131 cm³/mol. The zero-order valence-corrected chi connectivity index (χ0v) is 18.4. The number of pyridine rings is 1. The number of anilines is 1. The highest BCUT2D eigenvalue weighted by Gasteiger charge is 2.08. The second-order valence-corrected chi connectivity index (χ2v) is 7.22. The summed E-state index contributed by atoms with van der Waals surface area (Å²) in [5.74, 6) is 0. The second-order valence-electron chi connectivity index (χ2n) is 7.22. The van der Waals surface area contributed by atoms with Gasteiger partial charge in [0.15, 0.2) is 0 Å². The van der Waals surface area contributed by atoms with Crippen LogP contribution in [0.4, 0.5) is 5.69 Å². The number of nitrogens with zero attached hydrogens (tertiary/aromatic N) is 2. The van der Waals surface area contributed by atoms with E-state index < -0.39 is 0 Å². The summed E-state index contributed by atoms with van der Waals surface area (Å²) >= 11 is 0. The number of nitrogens with one attached hydrogen (secondary N) is 1. The van der Waals surface area contributed by atoms with E-state index >= 15 is 0 Å². The lowest BCUT2D eigenvalue weighted by atomic mass is 10.0. The van der Waals surface area contributed by atoms with Gasteiger partial charge in [-0.15, -0.1) is 24.8 Å². The maximum Gasteiger partial charge on any atom is 0.0730 e. The molecule has 152 valence electrons. The van der Waals surface area contributed by atoms with Crippen LogP contribution in [0, 0.1) is 0 Å². The molecule has 29 heavy (non-hydrogen) atoms. The molecule has 1 N–H and O–H groups in total. The summed E-state index contributed by atoms with van der Waals surface area (Å²) in [6.45, 7) is 2.02. The molecule has 0 bridgehead atoms. The fraction of sp³-hybridized carbons (Fsp3) is 0.208. The van der Waals surface area contributed by atoms with Gasteiger partial charge in [0.25, 0.3) is 0 Å². The van der Waals surface area contributed by atoms with Gasteiger partial charge in [-0.1, -0.05) is 54.6 Å². The number of aromatic nitrogens is 1. The van der Waals surface area contributed by atoms with Crippen molar-refractivity contribution in [2.24, 2.45) is 0 Å². The zero-order valence-electron chi connectivity index (χ0n) is 16.8. The first kappa shape index (κ1) is 23.0. The van der Waals surface area contributed by atoms with Gasteiger partial charge < -0.3 is 10.2 Å². The van der Waals surface area contributed by atoms with Gasteiger partial charge in [-0.3, -0.25) is 0 Å². The average molecular weight is 428 g/mol. The number of rotatable bonds is 6. The van der Waals surface area contributed by atoms with Gasteiger partial charge in [0.05, 0.1) is 11.2 Å². The van der Waals surface area contributed by atoms with Crippen molar-refractivity contribution in [3.05, 3.63) is 72.8 Å². The van der Waals surface area contributed by atoms with Crippen molar-refractivity contribution in [3.63, 3.8) is 0 Å². The standard InChI is InChI=1S/C24H25N3.2ClH/c1-27(2)15-7-14-25-24-17-23(26-22-11-6-5-10-21(22)24)20-13-12-18-8-3-4-9-19(18)16-20;;/h3-6,8-13,16-17H,7,14-15H2,1-2H3,(H,25,26);2*1H. The van der Waals surface area contributed by atoms with Crippen molar-refractivity contribution < 1.29 is 0 Å². The molecule has 4 aromatic rings. The normalized spacial score (nSPS) is 10.6. The highest BCUT2D eigenvalue weighted by Crippen LogP contribution is 2.30. The summed E-state index contributed by atoms with van der Waals surface area (Å²) in [7, 11) is 4.22. The lowest BCUT2D eigenvalue weighted by Crippen LogP contribution is -2.16. The van der Waals surface area contributed by atoms with E-state index in [1.807, 2.05) is 0 Å². The van der Waals surface area contributed by atoms with Gasteiger partial charge in [0.2, 0.25) is 0 Å². The molecule has 3 nitrogen and oxygen atoms in total. The van der Waals surface area contributed by atoms with Gasteiger partial charge in [0.1, 0.15) is 0 Å². The molecule has 3 aromatic carbocycles. The van der Waals surface area contributed by atoms with E-state index in [0.717, 1.165) is 42.0 Å². The molecule has 1 heterocycles. The van der Waals surface area contributed by atoms with Gasteiger partial charge in [-0.2, -0.15) is 0 Å². The van der Waals surface area contributed by atoms with E-state index in [1.165, 1.54) is 16.2 Å². The third-order valence-corrected chi connectivity index (χ3v) is 4.86. The van der Waals surface area contributed by atoms with Crippen molar-refractivity contribution in [2.75, 3.05) is 32.5 Å². The molecule has 0 fully saturated rings. The molecule has 0 radical (unpaired) electrons. The van der Waals surface area contributed by atoms with Crippen LogP contribution in [0.5, 0.6) is 0 Å². The maximum absolute atomic E-state index is 4.92. The molecule has 0 aliphatic carbocycles. The monoisotopic (exact) mass is 427 g/mol. The molecule has 5 heteroatoms. The fourth-order valence-corrected chi connectivity index (χ4v) is 3.44. The molecule has 0 unspecified atom stereocenters. The van der Waals surface area contributed by atoms with Crippen molar-refractivity contribution >= 4 is 52.2 Å². The lowest BCUT2D eigenvalue weighted by molar-refractivity contribution is 0.405. The van der Waals surface area contributed by atoms with Crippen LogP contribution in [-0.2, 0) is 0 Å². The quantitative estimate of drug-likeness (QED) is 0.367. The van der Waals surface area contributed by atoms with Crippen molar-refractivity contribution in [1.82, 2.24) is 9.88 Å². The summed E-state index contributed by atoms with van der Waals surface area (Å²) in [5.41, 5.74) is 4.34. The molecule has 0 atom stereocenters. The smallest absolute Gasteiger partial charge is 0.0730 e. The van der Waals surface area contributed by atoms with Crippen molar-refractivity contribution in [1.29, 1.82) is 0 Å². The Morgan fingerprint density at radius 2 is 1.55 bits per heavy atom. The van der Waals surface area contributed by atoms with E-state index in [-0.39, 0.29) is 24.8 Å². The van der Waals surface area contributed by atoms with Crippen LogP contribution in [0.1, 0.15) is 6.42 Å². The van der Waals surface area contributed by atoms with E-state index in [9.17, 15) is 0 Å². The molecule has 0 saturated heterocycles. The molecule has 0 amide bonds. The number of benzene rings is 3. The minimum Gasteiger partial charge on any atom is -0.384 e. The fourth-order valence-electron chi connectivity index (χ4n) is 3.44. The Bertz CT molecular complexity index is 1080. The van der Waals surface area contributed by atoms with Gasteiger partial charge >= 0.3 is 0 Å². The van der Waals surface area contributed by atoms with Crippen LogP contribution in [0.15, 0.2) is 72.8 Å². The van der Waals surface area contributed by atoms with E-state index in [1.54, 1.807) is 0 Å². The van der Waals surface area contributed by atoms with E-state index in [2.05, 4.69) is 97.1 Å². The minimum absolute atomic E-state index is 0. The Hall–Kier alpha value is -2.33. The Labute approximate surface area is 185 Å². The molecular formula is C24H27Cl2N3. The van der Waals surface area contributed by atoms with E-state index in [0.29, 0.717) is 0 Å². The predicted octanol–water partition coefficient (Wildman–Crippen LogP) is 6.26. The number of fused-ring (bicyclic) bond motifs is 2. The SMILES string of the molecule is CN(C)CCCNc1cc(-c2ccc3ccccc3c2)nc2ccccc12.Cl.Cl. The minimum atomic E-state index is 0. The number of para-hydroxylation sites is 1. The molecular weight excluding hydrogens is 401 g/mol. The Balaban J connectivity index is 0.00000150. The third-order valence-electron chi connectivity index (χ3n) is 4.86. The van der Waals surface area contributed by atoms with Crippen LogP contribution in [0.3, 0.4) is 0 Å². The Morgan fingerprint density at radius 3 is 2.34 bits per heavy atom. The molecule has 0 aliphatic rings. The Morgan fingerprint density at radius 1 is 0.828 bits per heavy atom. The maximum atomic E-state index is 4.92. The highest BCUT2D eigenvalue weighted by molar-refractivity contribution is 5.95. The molecule has 0 aliphatic heterocycles.